The number of nitrogens with one attached hydrogen (secondary N) is 1. The lowest BCUT2D eigenvalue weighted by Crippen LogP contribution is -2.55. The van der Waals surface area contributed by atoms with Gasteiger partial charge in [-0.3, -0.25) is 9.59 Å². The van der Waals surface area contributed by atoms with Crippen molar-refractivity contribution in [3.05, 3.63) is 0 Å². The van der Waals surface area contributed by atoms with Crippen LogP contribution >= 0.6 is 0 Å². The van der Waals surface area contributed by atoms with Gasteiger partial charge in [-0.15, -0.1) is 0 Å². The van der Waals surface area contributed by atoms with Gasteiger partial charge in [0.05, 0.1) is 0 Å². The molecular weight excluding hydrogens is 268 g/mol. The molecule has 0 aliphatic carbocycles. The summed E-state index contributed by atoms with van der Waals surface area (Å²) in [5.41, 5.74) is -0.273. The van der Waals surface area contributed by atoms with E-state index in [2.05, 4.69) is 12.2 Å². The minimum Gasteiger partial charge on any atom is -0.381 e. The zero-order valence-corrected chi connectivity index (χ0v) is 13.6. The van der Waals surface area contributed by atoms with Crippen LogP contribution < -0.4 is 5.32 Å². The zero-order valence-electron chi connectivity index (χ0n) is 13.6. The van der Waals surface area contributed by atoms with E-state index in [0.717, 1.165) is 26.1 Å². The molecule has 2 unspecified atom stereocenters. The van der Waals surface area contributed by atoms with Crippen molar-refractivity contribution in [3.63, 3.8) is 0 Å². The molecule has 120 valence electrons. The van der Waals surface area contributed by atoms with Crippen LogP contribution in [0.5, 0.6) is 0 Å². The van der Waals surface area contributed by atoms with Crippen LogP contribution in [0.2, 0.25) is 0 Å². The number of rotatable bonds is 2. The second-order valence-corrected chi connectivity index (χ2v) is 7.34. The molecule has 2 heterocycles. The number of amides is 2. The molecule has 0 aromatic heterocycles. The Hall–Kier alpha value is -1.10. The topological polar surface area (TPSA) is 58.6 Å². The van der Waals surface area contributed by atoms with E-state index in [0.29, 0.717) is 18.9 Å². The zero-order chi connectivity index (χ0) is 15.6. The fraction of sp³-hybridized carbons (Fsp3) is 0.875. The highest BCUT2D eigenvalue weighted by atomic mass is 16.5. The molecule has 2 rings (SSSR count). The summed E-state index contributed by atoms with van der Waals surface area (Å²) in [6.07, 6.45) is 2.38. The lowest BCUT2D eigenvalue weighted by Gasteiger charge is -2.39. The van der Waals surface area contributed by atoms with E-state index in [1.807, 2.05) is 25.7 Å². The van der Waals surface area contributed by atoms with Crippen molar-refractivity contribution in [2.75, 3.05) is 19.8 Å². The van der Waals surface area contributed by atoms with Crippen molar-refractivity contribution in [2.45, 2.75) is 59.0 Å². The molecule has 2 amide bonds. The van der Waals surface area contributed by atoms with Crippen molar-refractivity contribution in [1.29, 1.82) is 0 Å². The van der Waals surface area contributed by atoms with Gasteiger partial charge in [0.1, 0.15) is 6.04 Å². The average Bonchev–Trinajstić information content (AvgIpc) is 2.58. The first kappa shape index (κ1) is 16.3. The lowest BCUT2D eigenvalue weighted by atomic mass is 9.85. The van der Waals surface area contributed by atoms with E-state index in [1.165, 1.54) is 0 Å². The lowest BCUT2D eigenvalue weighted by molar-refractivity contribution is -0.139. The second kappa shape index (κ2) is 6.34. The summed E-state index contributed by atoms with van der Waals surface area (Å²) in [4.78, 5) is 26.7. The van der Waals surface area contributed by atoms with E-state index in [9.17, 15) is 9.59 Å². The van der Waals surface area contributed by atoms with Crippen LogP contribution in [0, 0.1) is 11.3 Å². The van der Waals surface area contributed by atoms with Crippen LogP contribution in [0.4, 0.5) is 0 Å². The maximum absolute atomic E-state index is 12.9. The van der Waals surface area contributed by atoms with Gasteiger partial charge < -0.3 is 15.0 Å². The molecule has 1 N–H and O–H groups in total. The second-order valence-electron chi connectivity index (χ2n) is 7.34. The molecule has 2 fully saturated rings. The number of hydrogen-bond acceptors (Lipinski definition) is 3. The fourth-order valence-corrected chi connectivity index (χ4v) is 3.24. The van der Waals surface area contributed by atoms with Crippen LogP contribution in [0.15, 0.2) is 0 Å². The first-order chi connectivity index (χ1) is 9.80. The van der Waals surface area contributed by atoms with Crippen molar-refractivity contribution in [3.8, 4) is 0 Å². The maximum atomic E-state index is 12.9. The fourth-order valence-electron chi connectivity index (χ4n) is 3.24. The van der Waals surface area contributed by atoms with Gasteiger partial charge in [-0.05, 0) is 31.1 Å². The number of nitrogens with zero attached hydrogens (tertiary/aromatic N) is 1. The van der Waals surface area contributed by atoms with Crippen molar-refractivity contribution in [2.24, 2.45) is 11.3 Å². The Kier molecular flexibility index (Phi) is 4.91. The molecule has 0 bridgehead atoms. The number of carbonyl (C=O) groups is 2. The van der Waals surface area contributed by atoms with Gasteiger partial charge in [0, 0.05) is 32.2 Å². The van der Waals surface area contributed by atoms with Gasteiger partial charge in [-0.1, -0.05) is 20.8 Å². The minimum atomic E-state index is -0.435. The maximum Gasteiger partial charge on any atom is 0.245 e. The van der Waals surface area contributed by atoms with Crippen LogP contribution in [-0.2, 0) is 14.3 Å². The number of ether oxygens (including phenoxy) is 1. The summed E-state index contributed by atoms with van der Waals surface area (Å²) in [6.45, 7) is 10.2. The van der Waals surface area contributed by atoms with Crippen LogP contribution in [0.25, 0.3) is 0 Å². The molecule has 0 aromatic carbocycles. The predicted octanol–water partition coefficient (Wildman–Crippen LogP) is 1.56. The van der Waals surface area contributed by atoms with E-state index in [4.69, 9.17) is 4.74 Å². The van der Waals surface area contributed by atoms with Gasteiger partial charge in [-0.2, -0.15) is 0 Å². The van der Waals surface area contributed by atoms with Gasteiger partial charge in [-0.25, -0.2) is 0 Å². The third kappa shape index (κ3) is 3.76. The van der Waals surface area contributed by atoms with E-state index in [1.54, 1.807) is 0 Å². The molecule has 0 aromatic rings. The van der Waals surface area contributed by atoms with Gasteiger partial charge in [0.25, 0.3) is 0 Å². The standard InChI is InChI=1S/C16H28N2O3/c1-11(12-6-9-21-10-7-12)18-8-5-13(19)17-14(15(18)20)16(2,3)4/h11-12,14H,5-10H2,1-4H3,(H,17,19). The molecule has 0 radical (unpaired) electrons. The predicted molar refractivity (Wildman–Crippen MR) is 80.7 cm³/mol. The number of carbonyl (C=O) groups excluding carboxylic acids is 2. The highest BCUT2D eigenvalue weighted by molar-refractivity contribution is 5.90. The first-order valence-corrected chi connectivity index (χ1v) is 7.98. The highest BCUT2D eigenvalue weighted by Gasteiger charge is 2.40. The molecule has 0 saturated carbocycles. The highest BCUT2D eigenvalue weighted by Crippen LogP contribution is 2.28. The Labute approximate surface area is 127 Å². The molecular formula is C16H28N2O3. The molecule has 2 aliphatic heterocycles. The van der Waals surface area contributed by atoms with Gasteiger partial charge >= 0.3 is 0 Å². The SMILES string of the molecule is CC(C1CCOCC1)N1CCC(=O)NC(C(C)(C)C)C1=O. The summed E-state index contributed by atoms with van der Waals surface area (Å²) < 4.78 is 5.41. The quantitative estimate of drug-likeness (QED) is 0.841. The molecule has 5 nitrogen and oxygen atoms in total. The summed E-state index contributed by atoms with van der Waals surface area (Å²) in [6, 6.07) is -0.270. The van der Waals surface area contributed by atoms with E-state index >= 15 is 0 Å². The first-order valence-electron chi connectivity index (χ1n) is 7.98. The summed E-state index contributed by atoms with van der Waals surface area (Å²) in [5.74, 6) is 0.508. The van der Waals surface area contributed by atoms with Gasteiger partial charge in [0.2, 0.25) is 11.8 Å². The summed E-state index contributed by atoms with van der Waals surface area (Å²) in [7, 11) is 0. The summed E-state index contributed by atoms with van der Waals surface area (Å²) >= 11 is 0. The summed E-state index contributed by atoms with van der Waals surface area (Å²) in [5, 5.41) is 2.90. The van der Waals surface area contributed by atoms with E-state index < -0.39 is 6.04 Å². The van der Waals surface area contributed by atoms with Crippen molar-refractivity contribution in [1.82, 2.24) is 10.2 Å². The minimum absolute atomic E-state index is 0.0232. The van der Waals surface area contributed by atoms with Gasteiger partial charge in [0.15, 0.2) is 0 Å². The third-order valence-corrected chi connectivity index (χ3v) is 4.72. The van der Waals surface area contributed by atoms with Crippen LogP contribution in [0.1, 0.15) is 47.0 Å². The van der Waals surface area contributed by atoms with E-state index in [-0.39, 0.29) is 23.3 Å². The normalized spacial score (nSPS) is 27.2. The monoisotopic (exact) mass is 296 g/mol. The Morgan fingerprint density at radius 1 is 1.24 bits per heavy atom. The Morgan fingerprint density at radius 2 is 1.86 bits per heavy atom. The molecule has 2 saturated heterocycles. The third-order valence-electron chi connectivity index (χ3n) is 4.72. The molecule has 2 aliphatic rings. The van der Waals surface area contributed by atoms with Crippen molar-refractivity contribution >= 4 is 11.8 Å². The van der Waals surface area contributed by atoms with Crippen LogP contribution in [-0.4, -0.2) is 48.6 Å². The Balaban J connectivity index is 2.16. The van der Waals surface area contributed by atoms with Crippen LogP contribution in [0.3, 0.4) is 0 Å². The molecule has 2 atom stereocenters. The smallest absolute Gasteiger partial charge is 0.245 e. The Bertz CT molecular complexity index is 397. The average molecular weight is 296 g/mol. The molecule has 0 spiro atoms. The molecule has 5 heteroatoms. The van der Waals surface area contributed by atoms with Crippen molar-refractivity contribution < 1.29 is 14.3 Å². The molecule has 21 heavy (non-hydrogen) atoms. The Morgan fingerprint density at radius 3 is 2.43 bits per heavy atom. The number of hydrogen-bond donors (Lipinski definition) is 1. The largest absolute Gasteiger partial charge is 0.381 e.